The van der Waals surface area contributed by atoms with Crippen LogP contribution in [0.15, 0.2) is 99.7 Å². The number of rotatable bonds is 5. The quantitative estimate of drug-likeness (QED) is 0.438. The molecule has 7 nitrogen and oxygen atoms in total. The minimum absolute atomic E-state index is 0.163. The molecule has 0 unspecified atom stereocenters. The van der Waals surface area contributed by atoms with E-state index in [1.54, 1.807) is 55.0 Å². The van der Waals surface area contributed by atoms with Crippen molar-refractivity contribution < 1.29 is 17.6 Å². The van der Waals surface area contributed by atoms with Gasteiger partial charge in [-0.15, -0.1) is 0 Å². The van der Waals surface area contributed by atoms with E-state index in [0.29, 0.717) is 11.0 Å². The Morgan fingerprint density at radius 1 is 0.906 bits per heavy atom. The lowest BCUT2D eigenvalue weighted by Gasteiger charge is -2.09. The lowest BCUT2D eigenvalue weighted by atomic mass is 10.2. The molecule has 1 amide bonds. The predicted octanol–water partition coefficient (Wildman–Crippen LogP) is 4.14. The van der Waals surface area contributed by atoms with E-state index in [4.69, 9.17) is 4.42 Å². The van der Waals surface area contributed by atoms with E-state index >= 15 is 0 Å². The molecule has 5 aromatic rings. The summed E-state index contributed by atoms with van der Waals surface area (Å²) in [5.74, 6) is -0.171. The molecule has 0 radical (unpaired) electrons. The van der Waals surface area contributed by atoms with Gasteiger partial charge in [0.1, 0.15) is 0 Å². The molecule has 0 fully saturated rings. The lowest BCUT2D eigenvalue weighted by Crippen LogP contribution is -2.22. The van der Waals surface area contributed by atoms with Gasteiger partial charge in [0.25, 0.3) is 5.91 Å². The largest absolute Gasteiger partial charge is 0.449 e. The second-order valence-electron chi connectivity index (χ2n) is 7.21. The Labute approximate surface area is 183 Å². The molecule has 158 valence electrons. The SMILES string of the molecule is O=C(NCc1ccc(S(=O)(=O)c2cncc3ccccc23)cc1)c1cc2ccncc2o1. The second kappa shape index (κ2) is 7.90. The Bertz CT molecular complexity index is 1520. The minimum atomic E-state index is -3.74. The number of hydrogen-bond donors (Lipinski definition) is 1. The first kappa shape index (κ1) is 19.9. The molecule has 3 aromatic heterocycles. The third-order valence-corrected chi connectivity index (χ3v) is 6.95. The lowest BCUT2D eigenvalue weighted by molar-refractivity contribution is 0.0925. The van der Waals surface area contributed by atoms with Crippen LogP contribution >= 0.6 is 0 Å². The highest BCUT2D eigenvalue weighted by molar-refractivity contribution is 7.91. The highest BCUT2D eigenvalue weighted by Crippen LogP contribution is 2.27. The van der Waals surface area contributed by atoms with Gasteiger partial charge < -0.3 is 9.73 Å². The molecule has 0 atom stereocenters. The van der Waals surface area contributed by atoms with Crippen molar-refractivity contribution in [2.45, 2.75) is 16.3 Å². The number of furan rings is 1. The molecule has 0 saturated heterocycles. The number of amides is 1. The number of sulfone groups is 1. The van der Waals surface area contributed by atoms with Crippen molar-refractivity contribution in [1.82, 2.24) is 15.3 Å². The van der Waals surface area contributed by atoms with Crippen molar-refractivity contribution in [2.24, 2.45) is 0 Å². The van der Waals surface area contributed by atoms with Crippen LogP contribution in [0.2, 0.25) is 0 Å². The zero-order valence-corrected chi connectivity index (χ0v) is 17.5. The molecule has 0 aliphatic heterocycles. The van der Waals surface area contributed by atoms with Crippen LogP contribution in [0.1, 0.15) is 16.1 Å². The summed E-state index contributed by atoms with van der Waals surface area (Å²) in [5.41, 5.74) is 1.29. The molecule has 3 heterocycles. The van der Waals surface area contributed by atoms with E-state index in [1.807, 2.05) is 12.1 Å². The first-order chi connectivity index (χ1) is 15.5. The monoisotopic (exact) mass is 443 g/mol. The Balaban J connectivity index is 1.34. The fourth-order valence-corrected chi connectivity index (χ4v) is 4.91. The maximum Gasteiger partial charge on any atom is 0.287 e. The van der Waals surface area contributed by atoms with Gasteiger partial charge >= 0.3 is 0 Å². The molecule has 5 rings (SSSR count). The third kappa shape index (κ3) is 3.61. The topological polar surface area (TPSA) is 102 Å². The molecule has 8 heteroatoms. The van der Waals surface area contributed by atoms with Crippen molar-refractivity contribution in [2.75, 3.05) is 0 Å². The number of nitrogens with one attached hydrogen (secondary N) is 1. The Hall–Kier alpha value is -4.04. The summed E-state index contributed by atoms with van der Waals surface area (Å²) in [6.07, 6.45) is 6.19. The van der Waals surface area contributed by atoms with Crippen molar-refractivity contribution in [3.8, 4) is 0 Å². The maximum atomic E-state index is 13.2. The van der Waals surface area contributed by atoms with Crippen LogP contribution in [0.4, 0.5) is 0 Å². The van der Waals surface area contributed by atoms with Crippen molar-refractivity contribution >= 4 is 37.5 Å². The van der Waals surface area contributed by atoms with Gasteiger partial charge in [-0.2, -0.15) is 0 Å². The number of hydrogen-bond acceptors (Lipinski definition) is 6. The van der Waals surface area contributed by atoms with Gasteiger partial charge in [0.05, 0.1) is 16.0 Å². The van der Waals surface area contributed by atoms with E-state index in [9.17, 15) is 13.2 Å². The molecule has 0 spiro atoms. The number of pyridine rings is 2. The van der Waals surface area contributed by atoms with Crippen LogP contribution in [0.3, 0.4) is 0 Å². The van der Waals surface area contributed by atoms with Crippen LogP contribution < -0.4 is 5.32 Å². The Kier molecular flexibility index (Phi) is 4.91. The fourth-order valence-electron chi connectivity index (χ4n) is 3.48. The molecule has 32 heavy (non-hydrogen) atoms. The van der Waals surface area contributed by atoms with E-state index in [1.165, 1.54) is 18.3 Å². The molecule has 1 N–H and O–H groups in total. The molecule has 0 saturated carbocycles. The zero-order chi connectivity index (χ0) is 22.1. The summed E-state index contributed by atoms with van der Waals surface area (Å²) in [5, 5.41) is 4.96. The number of nitrogens with zero attached hydrogens (tertiary/aromatic N) is 2. The average molecular weight is 443 g/mol. The Morgan fingerprint density at radius 2 is 1.72 bits per heavy atom. The van der Waals surface area contributed by atoms with E-state index < -0.39 is 9.84 Å². The van der Waals surface area contributed by atoms with E-state index in [0.717, 1.165) is 16.3 Å². The van der Waals surface area contributed by atoms with Gasteiger partial charge in [0, 0.05) is 41.3 Å². The summed E-state index contributed by atoms with van der Waals surface area (Å²) in [6, 6.07) is 17.1. The van der Waals surface area contributed by atoms with Crippen LogP contribution in [-0.4, -0.2) is 24.3 Å². The van der Waals surface area contributed by atoms with Crippen LogP contribution in [-0.2, 0) is 16.4 Å². The van der Waals surface area contributed by atoms with Crippen molar-refractivity contribution in [3.05, 3.63) is 96.8 Å². The van der Waals surface area contributed by atoms with Crippen molar-refractivity contribution in [1.29, 1.82) is 0 Å². The third-order valence-electron chi connectivity index (χ3n) is 5.15. The number of carbonyl (C=O) groups excluding carboxylic acids is 1. The standard InChI is InChI=1S/C24H17N3O4S/c28-24(21-11-17-9-10-25-14-22(17)31-21)27-12-16-5-7-19(8-6-16)32(29,30)23-15-26-13-18-3-1-2-4-20(18)23/h1-11,13-15H,12H2,(H,27,28). The molecule has 0 aliphatic rings. The first-order valence-electron chi connectivity index (χ1n) is 9.81. The van der Waals surface area contributed by atoms with Crippen molar-refractivity contribution in [3.63, 3.8) is 0 Å². The average Bonchev–Trinajstić information content (AvgIpc) is 3.27. The molecule has 2 aromatic carbocycles. The van der Waals surface area contributed by atoms with E-state index in [-0.39, 0.29) is 28.0 Å². The molecule has 0 bridgehead atoms. The number of aromatic nitrogens is 2. The van der Waals surface area contributed by atoms with Crippen LogP contribution in [0.5, 0.6) is 0 Å². The number of benzene rings is 2. The summed E-state index contributed by atoms with van der Waals surface area (Å²) in [7, 11) is -3.74. The number of carbonyl (C=O) groups is 1. The van der Waals surface area contributed by atoms with Crippen LogP contribution in [0.25, 0.3) is 21.7 Å². The van der Waals surface area contributed by atoms with Gasteiger partial charge in [-0.3, -0.25) is 14.8 Å². The smallest absolute Gasteiger partial charge is 0.287 e. The summed E-state index contributed by atoms with van der Waals surface area (Å²) < 4.78 is 31.8. The van der Waals surface area contributed by atoms with E-state index in [2.05, 4.69) is 15.3 Å². The fraction of sp³-hybridized carbons (Fsp3) is 0.0417. The predicted molar refractivity (Wildman–Crippen MR) is 119 cm³/mol. The highest BCUT2D eigenvalue weighted by Gasteiger charge is 2.21. The molecule has 0 aliphatic carbocycles. The maximum absolute atomic E-state index is 13.2. The number of fused-ring (bicyclic) bond motifs is 2. The second-order valence-corrected chi connectivity index (χ2v) is 9.13. The molecular weight excluding hydrogens is 426 g/mol. The summed E-state index contributed by atoms with van der Waals surface area (Å²) in [6.45, 7) is 0.226. The van der Waals surface area contributed by atoms with Gasteiger partial charge in [-0.1, -0.05) is 36.4 Å². The summed E-state index contributed by atoms with van der Waals surface area (Å²) in [4.78, 5) is 20.8. The minimum Gasteiger partial charge on any atom is -0.449 e. The molecular formula is C24H17N3O4S. The normalized spacial score (nSPS) is 11.6. The first-order valence-corrected chi connectivity index (χ1v) is 11.3. The van der Waals surface area contributed by atoms with Gasteiger partial charge in [-0.05, 0) is 29.8 Å². The zero-order valence-electron chi connectivity index (χ0n) is 16.7. The summed E-state index contributed by atoms with van der Waals surface area (Å²) >= 11 is 0. The van der Waals surface area contributed by atoms with Crippen LogP contribution in [0, 0.1) is 0 Å². The van der Waals surface area contributed by atoms with Gasteiger partial charge in [0.2, 0.25) is 9.84 Å². The highest BCUT2D eigenvalue weighted by atomic mass is 32.2. The van der Waals surface area contributed by atoms with Gasteiger partial charge in [0.15, 0.2) is 11.3 Å². The van der Waals surface area contributed by atoms with Gasteiger partial charge in [-0.25, -0.2) is 8.42 Å². The Morgan fingerprint density at radius 3 is 2.53 bits per heavy atom.